The molecule has 1 aliphatic heterocycles. The smallest absolute Gasteiger partial charge is 0.213 e. The topological polar surface area (TPSA) is 131 Å². The number of hydrogen-bond donors (Lipinski definition) is 1. The van der Waals surface area contributed by atoms with Gasteiger partial charge in [-0.05, 0) is 13.0 Å². The minimum atomic E-state index is -3.32. The predicted molar refractivity (Wildman–Crippen MR) is 101 cm³/mol. The number of nitriles is 2. The van der Waals surface area contributed by atoms with Crippen molar-refractivity contribution in [3.8, 4) is 23.4 Å². The lowest BCUT2D eigenvalue weighted by Gasteiger charge is -2.48. The van der Waals surface area contributed by atoms with Gasteiger partial charge in [-0.1, -0.05) is 0 Å². The number of aromatic amines is 1. The molecule has 0 unspecified atom stereocenters. The van der Waals surface area contributed by atoms with Crippen LogP contribution in [0.4, 0.5) is 0 Å². The van der Waals surface area contributed by atoms with E-state index in [4.69, 9.17) is 0 Å². The second-order valence-electron chi connectivity index (χ2n) is 6.79. The fourth-order valence-corrected chi connectivity index (χ4v) is 4.84. The molecule has 1 N–H and O–H groups in total. The molecule has 28 heavy (non-hydrogen) atoms. The summed E-state index contributed by atoms with van der Waals surface area (Å²) in [6, 6.07) is 6.18. The van der Waals surface area contributed by atoms with E-state index in [9.17, 15) is 18.9 Å². The number of nitrogens with zero attached hydrogens (tertiary/aromatic N) is 6. The van der Waals surface area contributed by atoms with Crippen molar-refractivity contribution in [2.24, 2.45) is 0 Å². The van der Waals surface area contributed by atoms with Gasteiger partial charge < -0.3 is 9.55 Å². The number of H-pyrrole nitrogens is 1. The van der Waals surface area contributed by atoms with E-state index in [2.05, 4.69) is 27.1 Å². The van der Waals surface area contributed by atoms with Gasteiger partial charge in [0.25, 0.3) is 0 Å². The van der Waals surface area contributed by atoms with Crippen LogP contribution in [0.25, 0.3) is 22.3 Å². The minimum Gasteiger partial charge on any atom is -0.346 e. The SMILES string of the molecule is CCS(=O)(=O)N1CC(CC#N)(n2cc(C#N)c(-c3ncnc4[nH]ccc34)c2)C1. The van der Waals surface area contributed by atoms with Crippen molar-refractivity contribution in [1.82, 2.24) is 23.8 Å². The van der Waals surface area contributed by atoms with Crippen molar-refractivity contribution in [1.29, 1.82) is 10.5 Å². The lowest BCUT2D eigenvalue weighted by molar-refractivity contribution is 0.0851. The maximum absolute atomic E-state index is 12.1. The van der Waals surface area contributed by atoms with Crippen molar-refractivity contribution < 1.29 is 8.42 Å². The Bertz CT molecular complexity index is 1240. The van der Waals surface area contributed by atoms with Crippen LogP contribution >= 0.6 is 0 Å². The first-order valence-electron chi connectivity index (χ1n) is 8.70. The van der Waals surface area contributed by atoms with Crippen LogP contribution in [0.5, 0.6) is 0 Å². The van der Waals surface area contributed by atoms with E-state index in [1.807, 2.05) is 6.07 Å². The van der Waals surface area contributed by atoms with E-state index in [1.165, 1.54) is 10.6 Å². The Hall–Kier alpha value is -3.21. The van der Waals surface area contributed by atoms with Crippen LogP contribution in [0.3, 0.4) is 0 Å². The quantitative estimate of drug-likeness (QED) is 0.697. The molecule has 0 spiro atoms. The first-order valence-corrected chi connectivity index (χ1v) is 10.3. The lowest BCUT2D eigenvalue weighted by Crippen LogP contribution is -2.63. The molecule has 0 aromatic carbocycles. The van der Waals surface area contributed by atoms with Crippen LogP contribution in [0, 0.1) is 22.7 Å². The fourth-order valence-electron chi connectivity index (χ4n) is 3.60. The third kappa shape index (κ3) is 2.66. The molecule has 4 heterocycles. The normalized spacial score (nSPS) is 16.4. The monoisotopic (exact) mass is 395 g/mol. The fraction of sp³-hybridized carbons (Fsp3) is 0.333. The molecule has 9 nitrogen and oxygen atoms in total. The summed E-state index contributed by atoms with van der Waals surface area (Å²) in [5, 5.41) is 19.7. The minimum absolute atomic E-state index is 0.0163. The van der Waals surface area contributed by atoms with Crippen LogP contribution in [-0.2, 0) is 15.6 Å². The summed E-state index contributed by atoms with van der Waals surface area (Å²) in [4.78, 5) is 11.5. The van der Waals surface area contributed by atoms with Crippen LogP contribution in [0.2, 0.25) is 0 Å². The van der Waals surface area contributed by atoms with Gasteiger partial charge in [0.05, 0.1) is 35.0 Å². The third-order valence-corrected chi connectivity index (χ3v) is 6.99. The van der Waals surface area contributed by atoms with Gasteiger partial charge in [-0.25, -0.2) is 18.4 Å². The van der Waals surface area contributed by atoms with Crippen molar-refractivity contribution in [3.05, 3.63) is 36.5 Å². The van der Waals surface area contributed by atoms with Gasteiger partial charge in [-0.3, -0.25) is 0 Å². The zero-order valence-electron chi connectivity index (χ0n) is 15.1. The number of hydrogen-bond acceptors (Lipinski definition) is 6. The van der Waals surface area contributed by atoms with Gasteiger partial charge in [-0.15, -0.1) is 0 Å². The van der Waals surface area contributed by atoms with E-state index >= 15 is 0 Å². The van der Waals surface area contributed by atoms with Crippen LogP contribution < -0.4 is 0 Å². The molecule has 0 atom stereocenters. The second-order valence-corrected chi connectivity index (χ2v) is 9.05. The number of rotatable bonds is 5. The number of fused-ring (bicyclic) bond motifs is 1. The van der Waals surface area contributed by atoms with E-state index in [0.717, 1.165) is 5.39 Å². The number of nitrogens with one attached hydrogen (secondary N) is 1. The average molecular weight is 395 g/mol. The molecule has 1 saturated heterocycles. The first kappa shape index (κ1) is 18.2. The first-order chi connectivity index (χ1) is 13.4. The maximum atomic E-state index is 12.1. The average Bonchev–Trinajstić information content (AvgIpc) is 3.30. The second kappa shape index (κ2) is 6.44. The predicted octanol–water partition coefficient (Wildman–Crippen LogP) is 1.57. The molecule has 3 aromatic rings. The molecular formula is C18H17N7O2S. The van der Waals surface area contributed by atoms with Crippen LogP contribution in [0.1, 0.15) is 18.9 Å². The van der Waals surface area contributed by atoms with Crippen molar-refractivity contribution in [2.45, 2.75) is 18.9 Å². The Morgan fingerprint density at radius 3 is 2.75 bits per heavy atom. The van der Waals surface area contributed by atoms with E-state index in [0.29, 0.717) is 22.5 Å². The van der Waals surface area contributed by atoms with E-state index < -0.39 is 15.6 Å². The van der Waals surface area contributed by atoms with E-state index in [-0.39, 0.29) is 25.3 Å². The highest BCUT2D eigenvalue weighted by atomic mass is 32.2. The van der Waals surface area contributed by atoms with Crippen molar-refractivity contribution >= 4 is 21.1 Å². The highest BCUT2D eigenvalue weighted by Gasteiger charge is 2.49. The molecule has 3 aromatic heterocycles. The van der Waals surface area contributed by atoms with Crippen LogP contribution in [-0.4, -0.2) is 51.1 Å². The highest BCUT2D eigenvalue weighted by Crippen LogP contribution is 2.38. The molecule has 142 valence electrons. The van der Waals surface area contributed by atoms with Crippen molar-refractivity contribution in [3.63, 3.8) is 0 Å². The molecule has 0 bridgehead atoms. The Morgan fingerprint density at radius 2 is 2.07 bits per heavy atom. The molecule has 4 rings (SSSR count). The Labute approximate surface area is 161 Å². The highest BCUT2D eigenvalue weighted by molar-refractivity contribution is 7.89. The van der Waals surface area contributed by atoms with E-state index in [1.54, 1.807) is 30.1 Å². The third-order valence-electron chi connectivity index (χ3n) is 5.21. The molecule has 1 fully saturated rings. The maximum Gasteiger partial charge on any atom is 0.213 e. The van der Waals surface area contributed by atoms with Gasteiger partial charge in [0, 0.05) is 42.6 Å². The summed E-state index contributed by atoms with van der Waals surface area (Å²) >= 11 is 0. The molecule has 0 radical (unpaired) electrons. The zero-order valence-corrected chi connectivity index (χ0v) is 15.9. The number of sulfonamides is 1. The zero-order chi connectivity index (χ0) is 19.9. The Kier molecular flexibility index (Phi) is 4.18. The Balaban J connectivity index is 1.79. The number of aromatic nitrogens is 4. The van der Waals surface area contributed by atoms with Crippen molar-refractivity contribution in [2.75, 3.05) is 18.8 Å². The summed E-state index contributed by atoms with van der Waals surface area (Å²) < 4.78 is 27.4. The van der Waals surface area contributed by atoms with Crippen LogP contribution in [0.15, 0.2) is 31.0 Å². The summed E-state index contributed by atoms with van der Waals surface area (Å²) in [6.45, 7) is 2.01. The standard InChI is InChI=1S/C18H17N7O2S/c1-2-28(26,27)25-10-18(11-25,4-5-19)24-8-13(7-20)15(9-24)16-14-3-6-21-17(14)23-12-22-16/h3,6,8-9,12H,2,4,10-11H2,1H3,(H,21,22,23). The summed E-state index contributed by atoms with van der Waals surface area (Å²) in [5.41, 5.74) is 1.63. The molecule has 0 amide bonds. The molecule has 0 aliphatic carbocycles. The van der Waals surface area contributed by atoms with Gasteiger partial charge >= 0.3 is 0 Å². The van der Waals surface area contributed by atoms with Gasteiger partial charge in [0.2, 0.25) is 10.0 Å². The Morgan fingerprint density at radius 1 is 1.29 bits per heavy atom. The van der Waals surface area contributed by atoms with Gasteiger partial charge in [0.1, 0.15) is 18.0 Å². The van der Waals surface area contributed by atoms with Gasteiger partial charge in [-0.2, -0.15) is 14.8 Å². The lowest BCUT2D eigenvalue weighted by atomic mass is 9.89. The van der Waals surface area contributed by atoms with Gasteiger partial charge in [0.15, 0.2) is 0 Å². The molecule has 0 saturated carbocycles. The molecule has 10 heteroatoms. The largest absolute Gasteiger partial charge is 0.346 e. The summed E-state index contributed by atoms with van der Waals surface area (Å²) in [6.07, 6.45) is 6.77. The summed E-state index contributed by atoms with van der Waals surface area (Å²) in [5.74, 6) is 0.0163. The summed E-state index contributed by atoms with van der Waals surface area (Å²) in [7, 11) is -3.32. The molecular weight excluding hydrogens is 378 g/mol. The molecule has 1 aliphatic rings.